The van der Waals surface area contributed by atoms with Crippen LogP contribution in [0.3, 0.4) is 0 Å². The summed E-state index contributed by atoms with van der Waals surface area (Å²) in [6, 6.07) is 4.78. The molecule has 0 atom stereocenters. The number of nitrogens with one attached hydrogen (secondary N) is 2. The van der Waals surface area contributed by atoms with Crippen molar-refractivity contribution in [2.45, 2.75) is 20.3 Å². The summed E-state index contributed by atoms with van der Waals surface area (Å²) < 4.78 is 0. The Morgan fingerprint density at radius 3 is 2.38 bits per heavy atom. The summed E-state index contributed by atoms with van der Waals surface area (Å²) in [5.41, 5.74) is 0.278. The number of benzene rings is 1. The Morgan fingerprint density at radius 2 is 1.79 bits per heavy atom. The monoisotopic (exact) mass is 369 g/mol. The van der Waals surface area contributed by atoms with Gasteiger partial charge in [0.15, 0.2) is 0 Å². The number of aromatic nitrogens is 2. The fraction of sp³-hybridized carbons (Fsp3) is 0.333. The summed E-state index contributed by atoms with van der Waals surface area (Å²) >= 11 is 11.9. The zero-order valence-electron chi connectivity index (χ0n) is 13.2. The smallest absolute Gasteiger partial charge is 0.353 e. The molecular weight excluding hydrogens is 353 g/mol. The lowest BCUT2D eigenvalue weighted by Crippen LogP contribution is -2.10. The predicted octanol–water partition coefficient (Wildman–Crippen LogP) is 4.89. The van der Waals surface area contributed by atoms with Crippen molar-refractivity contribution < 1.29 is 4.92 Å². The van der Waals surface area contributed by atoms with Gasteiger partial charge in [-0.25, -0.2) is 9.97 Å². The molecule has 1 aromatic heterocycles. The van der Waals surface area contributed by atoms with Crippen molar-refractivity contribution in [3.05, 3.63) is 44.7 Å². The van der Waals surface area contributed by atoms with Crippen LogP contribution in [0.25, 0.3) is 0 Å². The second kappa shape index (κ2) is 8.12. The average molecular weight is 370 g/mol. The Bertz CT molecular complexity index is 720. The lowest BCUT2D eigenvalue weighted by molar-refractivity contribution is -0.383. The Labute approximate surface area is 149 Å². The van der Waals surface area contributed by atoms with Gasteiger partial charge in [0.1, 0.15) is 6.33 Å². The maximum Gasteiger partial charge on any atom is 0.353 e. The first kappa shape index (κ1) is 18.2. The molecule has 0 radical (unpaired) electrons. The minimum absolute atomic E-state index is 0.0698. The number of hydrogen-bond acceptors (Lipinski definition) is 6. The lowest BCUT2D eigenvalue weighted by atomic mass is 10.1. The number of rotatable bonds is 7. The molecule has 0 spiro atoms. The van der Waals surface area contributed by atoms with Gasteiger partial charge in [0.2, 0.25) is 11.6 Å². The van der Waals surface area contributed by atoms with Gasteiger partial charge < -0.3 is 10.6 Å². The van der Waals surface area contributed by atoms with Gasteiger partial charge in [-0.1, -0.05) is 37.0 Å². The molecule has 9 heteroatoms. The second-order valence-electron chi connectivity index (χ2n) is 5.57. The number of halogens is 2. The molecule has 1 aromatic carbocycles. The molecule has 0 aliphatic rings. The van der Waals surface area contributed by atoms with E-state index in [4.69, 9.17) is 23.2 Å². The van der Waals surface area contributed by atoms with Crippen LogP contribution in [0, 0.1) is 16.0 Å². The van der Waals surface area contributed by atoms with Gasteiger partial charge in [0.25, 0.3) is 0 Å². The molecule has 0 bridgehead atoms. The normalized spacial score (nSPS) is 10.7. The van der Waals surface area contributed by atoms with Crippen LogP contribution in [-0.4, -0.2) is 21.4 Å². The van der Waals surface area contributed by atoms with Crippen molar-refractivity contribution >= 4 is 46.2 Å². The third kappa shape index (κ3) is 4.94. The van der Waals surface area contributed by atoms with E-state index in [0.717, 1.165) is 6.42 Å². The summed E-state index contributed by atoms with van der Waals surface area (Å²) in [5.74, 6) is 0.719. The van der Waals surface area contributed by atoms with Crippen LogP contribution in [0.2, 0.25) is 10.0 Å². The minimum Gasteiger partial charge on any atom is -0.364 e. The average Bonchev–Trinajstić information content (AvgIpc) is 2.45. The van der Waals surface area contributed by atoms with E-state index >= 15 is 0 Å². The van der Waals surface area contributed by atoms with E-state index < -0.39 is 4.92 Å². The van der Waals surface area contributed by atoms with Crippen LogP contribution >= 0.6 is 23.2 Å². The molecule has 0 unspecified atom stereocenters. The fourth-order valence-corrected chi connectivity index (χ4v) is 2.54. The highest BCUT2D eigenvalue weighted by Crippen LogP contribution is 2.32. The predicted molar refractivity (Wildman–Crippen MR) is 96.4 cm³/mol. The Hall–Kier alpha value is -2.12. The SMILES string of the molecule is CC(C)CCNc1ncnc(Nc2cc(Cl)cc(Cl)c2)c1[N+](=O)[O-]. The van der Waals surface area contributed by atoms with E-state index in [1.54, 1.807) is 18.2 Å². The summed E-state index contributed by atoms with van der Waals surface area (Å²) in [6.45, 7) is 4.73. The molecule has 0 saturated heterocycles. The van der Waals surface area contributed by atoms with Crippen molar-refractivity contribution in [3.63, 3.8) is 0 Å². The van der Waals surface area contributed by atoms with Crippen LogP contribution in [-0.2, 0) is 0 Å². The Balaban J connectivity index is 2.30. The van der Waals surface area contributed by atoms with Crippen LogP contribution in [0.1, 0.15) is 20.3 Å². The molecule has 0 aliphatic heterocycles. The molecule has 2 aromatic rings. The van der Waals surface area contributed by atoms with Crippen LogP contribution in [0.4, 0.5) is 23.0 Å². The van der Waals surface area contributed by atoms with E-state index in [2.05, 4.69) is 34.4 Å². The molecule has 128 valence electrons. The van der Waals surface area contributed by atoms with Gasteiger partial charge in [0, 0.05) is 22.3 Å². The van der Waals surface area contributed by atoms with Gasteiger partial charge in [-0.3, -0.25) is 10.1 Å². The van der Waals surface area contributed by atoms with Crippen molar-refractivity contribution in [3.8, 4) is 0 Å². The first-order chi connectivity index (χ1) is 11.4. The molecule has 0 fully saturated rings. The minimum atomic E-state index is -0.522. The van der Waals surface area contributed by atoms with E-state index in [1.807, 2.05) is 0 Å². The molecule has 24 heavy (non-hydrogen) atoms. The largest absolute Gasteiger partial charge is 0.364 e. The summed E-state index contributed by atoms with van der Waals surface area (Å²) in [5, 5.41) is 18.1. The third-order valence-corrected chi connectivity index (χ3v) is 3.58. The van der Waals surface area contributed by atoms with E-state index in [9.17, 15) is 10.1 Å². The molecular formula is C15H17Cl2N5O2. The maximum atomic E-state index is 11.5. The standard InChI is InChI=1S/C15H17Cl2N5O2/c1-9(2)3-4-18-14-13(22(23)24)15(20-8-19-14)21-12-6-10(16)5-11(17)7-12/h5-9H,3-4H2,1-2H3,(H2,18,19,20,21). The van der Waals surface area contributed by atoms with Gasteiger partial charge in [-0.05, 0) is 30.5 Å². The number of nitro groups is 1. The third-order valence-electron chi connectivity index (χ3n) is 3.14. The van der Waals surface area contributed by atoms with E-state index in [1.165, 1.54) is 6.33 Å². The molecule has 0 amide bonds. The fourth-order valence-electron chi connectivity index (χ4n) is 2.01. The zero-order chi connectivity index (χ0) is 17.7. The summed E-state index contributed by atoms with van der Waals surface area (Å²) in [7, 11) is 0. The number of anilines is 3. The number of nitrogens with zero attached hydrogens (tertiary/aromatic N) is 3. The lowest BCUT2D eigenvalue weighted by Gasteiger charge is -2.11. The first-order valence-corrected chi connectivity index (χ1v) is 8.08. The van der Waals surface area contributed by atoms with Crippen molar-refractivity contribution in [1.29, 1.82) is 0 Å². The molecule has 0 saturated carbocycles. The number of hydrogen-bond donors (Lipinski definition) is 2. The Kier molecular flexibility index (Phi) is 6.16. The van der Waals surface area contributed by atoms with Gasteiger partial charge in [-0.15, -0.1) is 0 Å². The van der Waals surface area contributed by atoms with Crippen molar-refractivity contribution in [1.82, 2.24) is 9.97 Å². The summed E-state index contributed by atoms with van der Waals surface area (Å²) in [4.78, 5) is 18.9. The van der Waals surface area contributed by atoms with Gasteiger partial charge in [0.05, 0.1) is 4.92 Å². The first-order valence-electron chi connectivity index (χ1n) is 7.33. The van der Waals surface area contributed by atoms with Crippen molar-refractivity contribution in [2.75, 3.05) is 17.2 Å². The maximum absolute atomic E-state index is 11.5. The quantitative estimate of drug-likeness (QED) is 0.532. The Morgan fingerprint density at radius 1 is 1.17 bits per heavy atom. The molecule has 0 aliphatic carbocycles. The van der Waals surface area contributed by atoms with Crippen LogP contribution < -0.4 is 10.6 Å². The summed E-state index contributed by atoms with van der Waals surface area (Å²) in [6.07, 6.45) is 2.13. The van der Waals surface area contributed by atoms with Gasteiger partial charge >= 0.3 is 5.69 Å². The van der Waals surface area contributed by atoms with Crippen LogP contribution in [0.15, 0.2) is 24.5 Å². The molecule has 1 heterocycles. The van der Waals surface area contributed by atoms with Gasteiger partial charge in [-0.2, -0.15) is 0 Å². The van der Waals surface area contributed by atoms with Crippen molar-refractivity contribution in [2.24, 2.45) is 5.92 Å². The zero-order valence-corrected chi connectivity index (χ0v) is 14.7. The highest BCUT2D eigenvalue weighted by molar-refractivity contribution is 6.35. The topological polar surface area (TPSA) is 93.0 Å². The van der Waals surface area contributed by atoms with E-state index in [0.29, 0.717) is 28.2 Å². The molecule has 7 nitrogen and oxygen atoms in total. The second-order valence-corrected chi connectivity index (χ2v) is 6.44. The molecule has 2 N–H and O–H groups in total. The molecule has 2 rings (SSSR count). The van der Waals surface area contributed by atoms with E-state index in [-0.39, 0.29) is 17.3 Å². The van der Waals surface area contributed by atoms with Crippen LogP contribution in [0.5, 0.6) is 0 Å². The highest BCUT2D eigenvalue weighted by atomic mass is 35.5. The highest BCUT2D eigenvalue weighted by Gasteiger charge is 2.23.